The monoisotopic (exact) mass is 331 g/mol. The molecule has 16 heavy (non-hydrogen) atoms. The molecule has 0 unspecified atom stereocenters. The molecule has 88 valence electrons. The van der Waals surface area contributed by atoms with Gasteiger partial charge in [-0.2, -0.15) is 0 Å². The van der Waals surface area contributed by atoms with E-state index in [0.717, 1.165) is 21.9 Å². The number of nitrogens with one attached hydrogen (secondary N) is 1. The third-order valence-electron chi connectivity index (χ3n) is 3.24. The average Bonchev–Trinajstić information content (AvgIpc) is 2.33. The van der Waals surface area contributed by atoms with Gasteiger partial charge in [0.05, 0.1) is 3.57 Å². The van der Waals surface area contributed by atoms with Crippen molar-refractivity contribution in [2.24, 2.45) is 5.92 Å². The van der Waals surface area contributed by atoms with Crippen molar-refractivity contribution in [3.8, 4) is 0 Å². The second kappa shape index (κ2) is 6.37. The summed E-state index contributed by atoms with van der Waals surface area (Å²) in [6.07, 6.45) is 11.9. The van der Waals surface area contributed by atoms with Gasteiger partial charge in [-0.3, -0.25) is 0 Å². The Balaban J connectivity index is 1.73. The summed E-state index contributed by atoms with van der Waals surface area (Å²) in [5.74, 6) is 1.91. The third-order valence-corrected chi connectivity index (χ3v) is 4.03. The number of halogens is 1. The molecule has 1 fully saturated rings. The smallest absolute Gasteiger partial charge is 0.142 e. The number of nitrogens with zero attached hydrogens (tertiary/aromatic N) is 2. The standard InChI is InChI=1S/C12H18IN3/c13-11-8-14-9-16-12(11)15-7-6-10-4-2-1-3-5-10/h8-10H,1-7H2,(H,14,15,16). The first-order chi connectivity index (χ1) is 7.86. The van der Waals surface area contributed by atoms with Crippen molar-refractivity contribution >= 4 is 28.4 Å². The van der Waals surface area contributed by atoms with Gasteiger partial charge in [0.25, 0.3) is 0 Å². The third kappa shape index (κ3) is 3.57. The van der Waals surface area contributed by atoms with Crippen LogP contribution in [0.5, 0.6) is 0 Å². The van der Waals surface area contributed by atoms with Crippen LogP contribution in [-0.4, -0.2) is 16.5 Å². The zero-order valence-corrected chi connectivity index (χ0v) is 11.6. The zero-order chi connectivity index (χ0) is 11.2. The Hall–Kier alpha value is -0.390. The van der Waals surface area contributed by atoms with Crippen molar-refractivity contribution in [1.82, 2.24) is 9.97 Å². The molecule has 4 heteroatoms. The molecule has 1 aliphatic carbocycles. The summed E-state index contributed by atoms with van der Waals surface area (Å²) >= 11 is 2.27. The average molecular weight is 331 g/mol. The van der Waals surface area contributed by atoms with Crippen molar-refractivity contribution < 1.29 is 0 Å². The van der Waals surface area contributed by atoms with Gasteiger partial charge in [0.1, 0.15) is 12.1 Å². The van der Waals surface area contributed by atoms with Crippen LogP contribution in [0.2, 0.25) is 0 Å². The van der Waals surface area contributed by atoms with Gasteiger partial charge < -0.3 is 5.32 Å². The van der Waals surface area contributed by atoms with Crippen LogP contribution in [0.25, 0.3) is 0 Å². The minimum Gasteiger partial charge on any atom is -0.369 e. The Bertz CT molecular complexity index is 324. The molecule has 1 saturated carbocycles. The first kappa shape index (κ1) is 12.1. The lowest BCUT2D eigenvalue weighted by Crippen LogP contribution is -2.13. The normalized spacial score (nSPS) is 17.3. The van der Waals surface area contributed by atoms with Crippen LogP contribution in [0.1, 0.15) is 38.5 Å². The Morgan fingerprint density at radius 3 is 2.88 bits per heavy atom. The van der Waals surface area contributed by atoms with Crippen LogP contribution < -0.4 is 5.32 Å². The lowest BCUT2D eigenvalue weighted by atomic mass is 9.87. The van der Waals surface area contributed by atoms with Crippen LogP contribution in [0.4, 0.5) is 5.82 Å². The molecule has 0 amide bonds. The van der Waals surface area contributed by atoms with Gasteiger partial charge in [-0.15, -0.1) is 0 Å². The lowest BCUT2D eigenvalue weighted by Gasteiger charge is -2.21. The molecule has 0 spiro atoms. The van der Waals surface area contributed by atoms with E-state index in [4.69, 9.17) is 0 Å². The van der Waals surface area contributed by atoms with Gasteiger partial charge in [-0.1, -0.05) is 32.1 Å². The van der Waals surface area contributed by atoms with Gasteiger partial charge in [0, 0.05) is 12.7 Å². The lowest BCUT2D eigenvalue weighted by molar-refractivity contribution is 0.345. The molecule has 0 aromatic carbocycles. The van der Waals surface area contributed by atoms with E-state index in [1.54, 1.807) is 6.33 Å². The minimum atomic E-state index is 0.931. The fourth-order valence-corrected chi connectivity index (χ4v) is 2.80. The fraction of sp³-hybridized carbons (Fsp3) is 0.667. The van der Waals surface area contributed by atoms with Crippen molar-refractivity contribution in [1.29, 1.82) is 0 Å². The molecule has 0 atom stereocenters. The van der Waals surface area contributed by atoms with E-state index in [1.807, 2.05) is 6.20 Å². The highest BCUT2D eigenvalue weighted by Gasteiger charge is 2.12. The highest BCUT2D eigenvalue weighted by atomic mass is 127. The molecule has 0 bridgehead atoms. The van der Waals surface area contributed by atoms with E-state index >= 15 is 0 Å². The van der Waals surface area contributed by atoms with E-state index in [-0.39, 0.29) is 0 Å². The summed E-state index contributed by atoms with van der Waals surface area (Å²) in [6, 6.07) is 0. The van der Waals surface area contributed by atoms with E-state index in [0.29, 0.717) is 0 Å². The highest BCUT2D eigenvalue weighted by molar-refractivity contribution is 14.1. The first-order valence-corrected chi connectivity index (χ1v) is 7.13. The van der Waals surface area contributed by atoms with Crippen molar-refractivity contribution in [2.75, 3.05) is 11.9 Å². The number of hydrogen-bond acceptors (Lipinski definition) is 3. The van der Waals surface area contributed by atoms with Crippen molar-refractivity contribution in [3.05, 3.63) is 16.1 Å². The second-order valence-electron chi connectivity index (χ2n) is 4.44. The van der Waals surface area contributed by atoms with E-state index in [2.05, 4.69) is 37.9 Å². The molecular formula is C12H18IN3. The summed E-state index contributed by atoms with van der Waals surface area (Å²) in [6.45, 7) is 1.04. The summed E-state index contributed by atoms with van der Waals surface area (Å²) in [4.78, 5) is 8.22. The molecular weight excluding hydrogens is 313 g/mol. The van der Waals surface area contributed by atoms with Gasteiger partial charge in [-0.25, -0.2) is 9.97 Å². The fourth-order valence-electron chi connectivity index (χ4n) is 2.31. The number of rotatable bonds is 4. The molecule has 1 aromatic rings. The topological polar surface area (TPSA) is 37.8 Å². The van der Waals surface area contributed by atoms with Gasteiger partial charge >= 0.3 is 0 Å². The quantitative estimate of drug-likeness (QED) is 0.859. The predicted octanol–water partition coefficient (Wildman–Crippen LogP) is 3.46. The molecule has 0 aliphatic heterocycles. The molecule has 3 nitrogen and oxygen atoms in total. The van der Waals surface area contributed by atoms with Crippen LogP contribution in [-0.2, 0) is 0 Å². The molecule has 0 saturated heterocycles. The van der Waals surface area contributed by atoms with Crippen LogP contribution in [0, 0.1) is 9.49 Å². The summed E-state index contributed by atoms with van der Waals surface area (Å²) in [5, 5.41) is 3.40. The Kier molecular flexibility index (Phi) is 4.81. The van der Waals surface area contributed by atoms with Gasteiger partial charge in [0.2, 0.25) is 0 Å². The van der Waals surface area contributed by atoms with Crippen LogP contribution >= 0.6 is 22.6 Å². The maximum Gasteiger partial charge on any atom is 0.142 e. The van der Waals surface area contributed by atoms with Crippen molar-refractivity contribution in [2.45, 2.75) is 38.5 Å². The maximum absolute atomic E-state index is 4.23. The SMILES string of the molecule is Ic1cncnc1NCCC1CCCCC1. The van der Waals surface area contributed by atoms with Gasteiger partial charge in [0.15, 0.2) is 0 Å². The summed E-state index contributed by atoms with van der Waals surface area (Å²) in [7, 11) is 0. The Labute approximate surface area is 111 Å². The molecule has 1 aromatic heterocycles. The molecule has 2 rings (SSSR count). The minimum absolute atomic E-state index is 0.931. The first-order valence-electron chi connectivity index (χ1n) is 6.05. The molecule has 1 N–H and O–H groups in total. The summed E-state index contributed by atoms with van der Waals surface area (Å²) in [5.41, 5.74) is 0. The van der Waals surface area contributed by atoms with Crippen molar-refractivity contribution in [3.63, 3.8) is 0 Å². The Morgan fingerprint density at radius 2 is 2.12 bits per heavy atom. The molecule has 1 aliphatic rings. The maximum atomic E-state index is 4.23. The number of hydrogen-bond donors (Lipinski definition) is 1. The largest absolute Gasteiger partial charge is 0.369 e. The van der Waals surface area contributed by atoms with E-state index in [9.17, 15) is 0 Å². The van der Waals surface area contributed by atoms with E-state index in [1.165, 1.54) is 38.5 Å². The van der Waals surface area contributed by atoms with Crippen LogP contribution in [0.3, 0.4) is 0 Å². The molecule has 1 heterocycles. The zero-order valence-electron chi connectivity index (χ0n) is 9.45. The number of anilines is 1. The second-order valence-corrected chi connectivity index (χ2v) is 5.60. The molecule has 0 radical (unpaired) electrons. The van der Waals surface area contributed by atoms with Gasteiger partial charge in [-0.05, 0) is 34.9 Å². The Morgan fingerprint density at radius 1 is 1.31 bits per heavy atom. The highest BCUT2D eigenvalue weighted by Crippen LogP contribution is 2.26. The van der Waals surface area contributed by atoms with E-state index < -0.39 is 0 Å². The predicted molar refractivity (Wildman–Crippen MR) is 74.4 cm³/mol. The van der Waals surface area contributed by atoms with Crippen LogP contribution in [0.15, 0.2) is 12.5 Å². The summed E-state index contributed by atoms with van der Waals surface area (Å²) < 4.78 is 1.10. The number of aromatic nitrogens is 2.